The minimum absolute atomic E-state index is 0. The highest BCUT2D eigenvalue weighted by molar-refractivity contribution is 5.92. The zero-order chi connectivity index (χ0) is 74.5. The monoisotopic (exact) mass is 1450 g/mol. The molecule has 0 spiro atoms. The van der Waals surface area contributed by atoms with Gasteiger partial charge in [0.2, 0.25) is 41.4 Å². The summed E-state index contributed by atoms with van der Waals surface area (Å²) in [5.74, 6) is -2.91. The van der Waals surface area contributed by atoms with Crippen molar-refractivity contribution < 1.29 is 122 Å². The van der Waals surface area contributed by atoms with Gasteiger partial charge in [0.05, 0.1) is 32.5 Å². The van der Waals surface area contributed by atoms with Gasteiger partial charge < -0.3 is 116 Å². The lowest BCUT2D eigenvalue weighted by Crippen LogP contribution is -2.64. The Bertz CT molecular complexity index is 2350. The molecule has 101 heavy (non-hydrogen) atoms. The number of hydrogen-bond donors (Lipinski definition) is 16. The Morgan fingerprint density at radius 2 is 0.762 bits per heavy atom. The molecule has 0 aromatic rings. The number of ether oxygens (including phenoxy) is 7. The van der Waals surface area contributed by atoms with Gasteiger partial charge in [0.1, 0.15) is 78.8 Å². The molecule has 0 radical (unpaired) electrons. The summed E-state index contributed by atoms with van der Waals surface area (Å²) in [6.45, 7) is 9.97. The van der Waals surface area contributed by atoms with Gasteiger partial charge in [0.15, 0.2) is 24.7 Å². The van der Waals surface area contributed by atoms with Crippen LogP contribution < -0.4 is 37.2 Å². The van der Waals surface area contributed by atoms with Crippen LogP contribution in [0.25, 0.3) is 0 Å². The maximum Gasteiger partial charge on any atom is 0.223 e. The molecular weight excluding hydrogens is 1330 g/mol. The van der Waals surface area contributed by atoms with Crippen LogP contribution in [0.3, 0.4) is 0 Å². The number of carbonyl (C=O) groups is 9. The van der Waals surface area contributed by atoms with Crippen LogP contribution in [-0.2, 0) is 76.3 Å². The van der Waals surface area contributed by atoms with Crippen molar-refractivity contribution in [3.63, 3.8) is 0 Å². The Morgan fingerprint density at radius 3 is 1.14 bits per heavy atom. The highest BCUT2D eigenvalue weighted by Gasteiger charge is 2.48. The van der Waals surface area contributed by atoms with E-state index in [0.717, 1.165) is 5.92 Å². The first-order valence-electron chi connectivity index (χ1n) is 35.9. The van der Waals surface area contributed by atoms with Crippen LogP contribution >= 0.6 is 0 Å². The number of hydrogen-bond acceptors (Lipinski definition) is 25. The molecule has 3 aliphatic rings. The Kier molecular flexibility index (Phi) is 50.8. The molecule has 3 heterocycles. The lowest BCUT2D eigenvalue weighted by molar-refractivity contribution is -0.270. The number of nitrogens with one attached hydrogen (secondary N) is 7. The van der Waals surface area contributed by atoms with Crippen molar-refractivity contribution in [2.24, 2.45) is 11.8 Å². The van der Waals surface area contributed by atoms with Crippen LogP contribution in [0.2, 0.25) is 0 Å². The number of methoxy groups -OCH3 is 1. The number of carbonyl (C=O) groups excluding carboxylic acids is 9. The Labute approximate surface area is 596 Å². The van der Waals surface area contributed by atoms with E-state index in [2.05, 4.69) is 58.0 Å². The Morgan fingerprint density at radius 1 is 0.416 bits per heavy atom. The molecule has 588 valence electrons. The van der Waals surface area contributed by atoms with E-state index in [9.17, 15) is 89.1 Å². The van der Waals surface area contributed by atoms with Crippen LogP contribution in [0.4, 0.5) is 0 Å². The molecule has 32 heteroatoms. The van der Waals surface area contributed by atoms with Crippen LogP contribution in [0.5, 0.6) is 0 Å². The van der Waals surface area contributed by atoms with E-state index in [1.807, 2.05) is 0 Å². The summed E-state index contributed by atoms with van der Waals surface area (Å²) in [5.41, 5.74) is 0. The van der Waals surface area contributed by atoms with Crippen molar-refractivity contribution >= 4 is 52.9 Å². The highest BCUT2D eigenvalue weighted by atomic mass is 16.7. The smallest absolute Gasteiger partial charge is 0.223 e. The molecule has 0 aromatic heterocycles. The van der Waals surface area contributed by atoms with Crippen molar-refractivity contribution in [2.45, 2.75) is 301 Å². The van der Waals surface area contributed by atoms with Gasteiger partial charge in [-0.3, -0.25) is 43.2 Å². The predicted octanol–water partition coefficient (Wildman–Crippen LogP) is -0.238. The second-order valence-electron chi connectivity index (χ2n) is 26.6. The van der Waals surface area contributed by atoms with Crippen molar-refractivity contribution in [2.75, 3.05) is 73.0 Å². The van der Waals surface area contributed by atoms with E-state index in [4.69, 9.17) is 33.2 Å². The van der Waals surface area contributed by atoms with E-state index < -0.39 is 147 Å². The third kappa shape index (κ3) is 39.1. The number of aliphatic hydroxyl groups excluding tert-OH is 9. The van der Waals surface area contributed by atoms with Gasteiger partial charge >= 0.3 is 0 Å². The number of amides is 7. The molecule has 0 bridgehead atoms. The number of rotatable bonds is 51. The lowest BCUT2D eigenvalue weighted by Gasteiger charge is -2.42. The summed E-state index contributed by atoms with van der Waals surface area (Å²) in [6, 6.07) is -4.26. The maximum atomic E-state index is 14.4. The third-order valence-corrected chi connectivity index (χ3v) is 16.8. The molecule has 32 nitrogen and oxygen atoms in total. The second kappa shape index (κ2) is 54.6. The van der Waals surface area contributed by atoms with E-state index in [0.29, 0.717) is 135 Å². The summed E-state index contributed by atoms with van der Waals surface area (Å²) in [4.78, 5) is 115. The van der Waals surface area contributed by atoms with Gasteiger partial charge in [-0.05, 0) is 89.4 Å². The van der Waals surface area contributed by atoms with Crippen molar-refractivity contribution in [1.29, 1.82) is 0 Å². The van der Waals surface area contributed by atoms with Gasteiger partial charge in [-0.2, -0.15) is 0 Å². The molecule has 3 rings (SSSR count). The third-order valence-electron chi connectivity index (χ3n) is 16.8. The molecule has 7 amide bonds. The highest BCUT2D eigenvalue weighted by Crippen LogP contribution is 2.26. The first kappa shape index (κ1) is 94.0. The average Bonchev–Trinajstić information content (AvgIpc) is 0.824. The molecule has 0 aliphatic carbocycles. The molecule has 3 aliphatic heterocycles. The molecule has 0 saturated carbocycles. The number of ketones is 2. The summed E-state index contributed by atoms with van der Waals surface area (Å²) < 4.78 is 39.1. The minimum atomic E-state index is -1.48. The minimum Gasteiger partial charge on any atom is -0.394 e. The maximum absolute atomic E-state index is 14.4. The van der Waals surface area contributed by atoms with Crippen LogP contribution in [0, 0.1) is 11.8 Å². The van der Waals surface area contributed by atoms with E-state index >= 15 is 0 Å². The standard InChI is InChI=1S/C64H113N7O25.C4H10.CH4/c1-39(75)68-52-58(86)55(83)46(36-72)94-62(52)91-31-18-6-10-24-49(80)65-28-16-13-21-42(61(89)67-30-15-5-9-22-43(78)27-34-90-4)35-45(79)44(71-51(82)26-12-8-20-33-93-64-54(70-41(3)77)60(88)57(85)48(38-74)96-64)23-14-17-29-66-50(81)25-11-7-19-32-92-63-53(69-40(2)76)59(87)56(84)47(37-73)95-63;1-4(2)3;/h42,44,46-48,52-60,62-64,72-74,83-88H,5-38H2,1-4H3,(H,65,80)(H,66,81)(H,67,89)(H,68,75)(H,69,76)(H,70,77)(H,71,82);4H,1-3H3;1H4/t42?,44?,46?,47?,48?,52-,53-,54-,55-,56-,57-,58?,59?,60?,62+,63+,64+;;/m0../s1. The molecule has 3 fully saturated rings. The van der Waals surface area contributed by atoms with E-state index in [-0.39, 0.29) is 102 Å². The topological polar surface area (TPSA) is 485 Å². The molecular formula is C69H127N7O25. The van der Waals surface area contributed by atoms with Crippen molar-refractivity contribution in [1.82, 2.24) is 37.2 Å². The van der Waals surface area contributed by atoms with E-state index in [1.165, 1.54) is 27.9 Å². The second-order valence-corrected chi connectivity index (χ2v) is 26.6. The fourth-order valence-corrected chi connectivity index (χ4v) is 11.4. The average molecular weight is 1450 g/mol. The first-order chi connectivity index (χ1) is 47.7. The number of aliphatic hydroxyl groups is 9. The summed E-state index contributed by atoms with van der Waals surface area (Å²) in [7, 11) is 1.53. The SMILES string of the molecule is C.CC(C)C.COCCC(=O)CCCCCNC(=O)C(CCCCNC(=O)CCCCCO[C@@H]1OC(CO)[C@H](O)C(O)[C@@H]1NC(C)=O)CC(=O)C(CCCCNC(=O)CCCCCO[C@@H]1OC(CO)[C@H](O)C(O)[C@@H]1NC(C)=O)NC(=O)CCCCCO[C@@H]1OC(CO)[C@H](O)C(O)[C@@H]1NC(C)=O. The first-order valence-corrected chi connectivity index (χ1v) is 35.9. The zero-order valence-corrected chi connectivity index (χ0v) is 60.0. The lowest BCUT2D eigenvalue weighted by atomic mass is 9.91. The van der Waals surface area contributed by atoms with Crippen LogP contribution in [0.1, 0.15) is 203 Å². The molecule has 3 saturated heterocycles. The van der Waals surface area contributed by atoms with Crippen LogP contribution in [-0.4, -0.2) is 270 Å². The largest absolute Gasteiger partial charge is 0.394 e. The zero-order valence-electron chi connectivity index (χ0n) is 60.0. The molecule has 0 aromatic carbocycles. The van der Waals surface area contributed by atoms with Gasteiger partial charge in [-0.1, -0.05) is 60.3 Å². The summed E-state index contributed by atoms with van der Waals surface area (Å²) >= 11 is 0. The van der Waals surface area contributed by atoms with Gasteiger partial charge in [0, 0.05) is 112 Å². The number of Topliss-reactive ketones (excluding diaryl/α,β-unsaturated/α-hetero) is 2. The molecule has 8 unspecified atom stereocenters. The normalized spacial score (nSPS) is 25.4. The van der Waals surface area contributed by atoms with Crippen LogP contribution in [0.15, 0.2) is 0 Å². The molecule has 17 atom stereocenters. The van der Waals surface area contributed by atoms with Gasteiger partial charge in [-0.15, -0.1) is 0 Å². The van der Waals surface area contributed by atoms with Crippen molar-refractivity contribution in [3.05, 3.63) is 0 Å². The van der Waals surface area contributed by atoms with E-state index in [1.54, 1.807) is 0 Å². The van der Waals surface area contributed by atoms with Crippen molar-refractivity contribution in [3.8, 4) is 0 Å². The quantitative estimate of drug-likeness (QED) is 0.0350. The Balaban J connectivity index is 0.00000991. The number of unbranched alkanes of at least 4 members (excludes halogenated alkanes) is 10. The summed E-state index contributed by atoms with van der Waals surface area (Å²) in [6.07, 6.45) is -6.15. The molecule has 16 N–H and O–H groups in total. The van der Waals surface area contributed by atoms with Gasteiger partial charge in [0.25, 0.3) is 0 Å². The van der Waals surface area contributed by atoms with Gasteiger partial charge in [-0.25, -0.2) is 0 Å². The fourth-order valence-electron chi connectivity index (χ4n) is 11.4. The fraction of sp³-hybridized carbons (Fsp3) is 0.870. The summed E-state index contributed by atoms with van der Waals surface area (Å²) in [5, 5.41) is 111. The predicted molar refractivity (Wildman–Crippen MR) is 368 cm³/mol. The Hall–Kier alpha value is -5.01.